The molecule has 108 valence electrons. The van der Waals surface area contributed by atoms with Gasteiger partial charge in [-0.2, -0.15) is 0 Å². The van der Waals surface area contributed by atoms with E-state index in [0.717, 1.165) is 17.5 Å². The number of carbonyl (C=O) groups is 1. The molecule has 1 aromatic rings. The van der Waals surface area contributed by atoms with Crippen LogP contribution in [0.15, 0.2) is 24.3 Å². The van der Waals surface area contributed by atoms with E-state index in [1.54, 1.807) is 0 Å². The lowest BCUT2D eigenvalue weighted by Crippen LogP contribution is -2.11. The average molecular weight is 276 g/mol. The number of epoxide rings is 1. The summed E-state index contributed by atoms with van der Waals surface area (Å²) in [5.74, 6) is 0.181. The van der Waals surface area contributed by atoms with Gasteiger partial charge in [-0.1, -0.05) is 24.3 Å². The van der Waals surface area contributed by atoms with Gasteiger partial charge in [0.05, 0.1) is 19.1 Å². The van der Waals surface area contributed by atoms with Crippen molar-refractivity contribution in [3.63, 3.8) is 0 Å². The van der Waals surface area contributed by atoms with Gasteiger partial charge in [0.2, 0.25) is 0 Å². The van der Waals surface area contributed by atoms with Gasteiger partial charge in [-0.3, -0.25) is 4.79 Å². The molecular weight excluding hydrogens is 256 g/mol. The second-order valence-corrected chi connectivity index (χ2v) is 5.72. The van der Waals surface area contributed by atoms with Crippen LogP contribution >= 0.6 is 0 Å². The Balaban J connectivity index is 1.73. The maximum Gasteiger partial charge on any atom is 0.309 e. The number of hydrogen-bond acceptors (Lipinski definition) is 4. The third-order valence-electron chi connectivity index (χ3n) is 4.38. The van der Waals surface area contributed by atoms with Crippen molar-refractivity contribution in [1.29, 1.82) is 0 Å². The lowest BCUT2D eigenvalue weighted by atomic mass is 9.94. The third-order valence-corrected chi connectivity index (χ3v) is 4.38. The topological polar surface area (TPSA) is 59.1 Å². The zero-order valence-electron chi connectivity index (χ0n) is 11.8. The number of aliphatic hydroxyl groups is 1. The van der Waals surface area contributed by atoms with Gasteiger partial charge in [-0.25, -0.2) is 0 Å². The zero-order chi connectivity index (χ0) is 14.3. The van der Waals surface area contributed by atoms with Crippen LogP contribution in [0.25, 0.3) is 0 Å². The summed E-state index contributed by atoms with van der Waals surface area (Å²) in [4.78, 5) is 11.7. The molecule has 1 aliphatic heterocycles. The molecule has 1 heterocycles. The first kappa shape index (κ1) is 13.6. The monoisotopic (exact) mass is 276 g/mol. The Morgan fingerprint density at radius 1 is 1.55 bits per heavy atom. The molecule has 0 amide bonds. The molecule has 1 saturated carbocycles. The Morgan fingerprint density at radius 3 is 3.00 bits per heavy atom. The largest absolute Gasteiger partial charge is 0.466 e. The van der Waals surface area contributed by atoms with Crippen molar-refractivity contribution in [3.05, 3.63) is 35.4 Å². The van der Waals surface area contributed by atoms with E-state index in [9.17, 15) is 9.90 Å². The molecule has 1 aliphatic carbocycles. The first-order valence-electron chi connectivity index (χ1n) is 7.16. The molecule has 3 rings (SSSR count). The minimum absolute atomic E-state index is 0.00627. The summed E-state index contributed by atoms with van der Waals surface area (Å²) in [6.07, 6.45) is 0.751. The number of aliphatic hydroxyl groups excluding tert-OH is 1. The molecule has 4 nitrogen and oxygen atoms in total. The summed E-state index contributed by atoms with van der Waals surface area (Å²) in [5.41, 5.74) is 1.86. The van der Waals surface area contributed by atoms with Crippen LogP contribution in [0, 0.1) is 5.92 Å². The summed E-state index contributed by atoms with van der Waals surface area (Å²) in [7, 11) is 0. The smallest absolute Gasteiger partial charge is 0.309 e. The number of hydrogen-bond donors (Lipinski definition) is 1. The van der Waals surface area contributed by atoms with Crippen molar-refractivity contribution < 1.29 is 19.4 Å². The molecule has 2 fully saturated rings. The maximum absolute atomic E-state index is 11.7. The van der Waals surface area contributed by atoms with Crippen molar-refractivity contribution in [2.45, 2.75) is 37.9 Å². The van der Waals surface area contributed by atoms with Crippen LogP contribution in [0.5, 0.6) is 0 Å². The Hall–Kier alpha value is -1.39. The fraction of sp³-hybridized carbons (Fsp3) is 0.562. The minimum atomic E-state index is -0.376. The van der Waals surface area contributed by atoms with Crippen molar-refractivity contribution in [2.75, 3.05) is 13.2 Å². The Bertz CT molecular complexity index is 527. The van der Waals surface area contributed by atoms with E-state index in [0.29, 0.717) is 6.61 Å². The van der Waals surface area contributed by atoms with Crippen molar-refractivity contribution in [3.8, 4) is 0 Å². The van der Waals surface area contributed by atoms with Gasteiger partial charge < -0.3 is 14.6 Å². The molecule has 2 aliphatic rings. The fourth-order valence-corrected chi connectivity index (χ4v) is 2.88. The number of ether oxygens (including phenoxy) is 2. The van der Waals surface area contributed by atoms with Crippen LogP contribution in [-0.4, -0.2) is 30.4 Å². The average Bonchev–Trinajstić information content (AvgIpc) is 3.34. The van der Waals surface area contributed by atoms with Gasteiger partial charge in [0, 0.05) is 0 Å². The molecule has 1 N–H and O–H groups in total. The number of esters is 1. The highest BCUT2D eigenvalue weighted by atomic mass is 16.6. The van der Waals surface area contributed by atoms with Crippen molar-refractivity contribution >= 4 is 5.97 Å². The van der Waals surface area contributed by atoms with E-state index in [1.165, 1.54) is 0 Å². The molecule has 20 heavy (non-hydrogen) atoms. The maximum atomic E-state index is 11.7. The van der Waals surface area contributed by atoms with E-state index >= 15 is 0 Å². The quantitative estimate of drug-likeness (QED) is 0.659. The predicted octanol–water partition coefficient (Wildman–Crippen LogP) is 1.96. The molecule has 1 saturated heterocycles. The summed E-state index contributed by atoms with van der Waals surface area (Å²) in [6.45, 7) is 4.29. The van der Waals surface area contributed by atoms with Crippen LogP contribution < -0.4 is 0 Å². The Labute approximate surface area is 118 Å². The first-order valence-corrected chi connectivity index (χ1v) is 7.16. The van der Waals surface area contributed by atoms with Gasteiger partial charge in [-0.05, 0) is 37.3 Å². The van der Waals surface area contributed by atoms with Crippen molar-refractivity contribution in [1.82, 2.24) is 0 Å². The van der Waals surface area contributed by atoms with E-state index < -0.39 is 0 Å². The molecular formula is C16H20O4. The highest BCUT2D eigenvalue weighted by Crippen LogP contribution is 2.51. The summed E-state index contributed by atoms with van der Waals surface area (Å²) >= 11 is 0. The molecule has 4 heteroatoms. The lowest BCUT2D eigenvalue weighted by Gasteiger charge is -2.09. The van der Waals surface area contributed by atoms with Crippen LogP contribution in [0.2, 0.25) is 0 Å². The predicted molar refractivity (Wildman–Crippen MR) is 73.2 cm³/mol. The van der Waals surface area contributed by atoms with Gasteiger partial charge >= 0.3 is 5.97 Å². The first-order chi connectivity index (χ1) is 9.60. The Kier molecular flexibility index (Phi) is 3.30. The zero-order valence-corrected chi connectivity index (χ0v) is 11.8. The fourth-order valence-electron chi connectivity index (χ4n) is 2.88. The molecule has 0 aromatic heterocycles. The van der Waals surface area contributed by atoms with Gasteiger partial charge in [0.15, 0.2) is 0 Å². The van der Waals surface area contributed by atoms with Crippen LogP contribution in [-0.2, 0) is 19.9 Å². The summed E-state index contributed by atoms with van der Waals surface area (Å²) in [5, 5.41) is 9.18. The SMILES string of the molecule is CCOC(=O)[C@@H]1CC1c1cccc(C2(C)OC2CO)c1. The summed E-state index contributed by atoms with van der Waals surface area (Å²) in [6, 6.07) is 8.15. The van der Waals surface area contributed by atoms with Crippen LogP contribution in [0.3, 0.4) is 0 Å². The third kappa shape index (κ3) is 2.23. The van der Waals surface area contributed by atoms with E-state index in [4.69, 9.17) is 9.47 Å². The van der Waals surface area contributed by atoms with E-state index in [-0.39, 0.29) is 36.1 Å². The molecule has 0 spiro atoms. The standard InChI is InChI=1S/C16H20O4/c1-3-19-15(18)13-8-12(13)10-5-4-6-11(7-10)16(2)14(9-17)20-16/h4-7,12-14,17H,3,8-9H2,1-2H3/t12?,13-,14?,16?/m1/s1. The Morgan fingerprint density at radius 2 is 2.35 bits per heavy atom. The van der Waals surface area contributed by atoms with Gasteiger partial charge in [0.25, 0.3) is 0 Å². The highest BCUT2D eigenvalue weighted by molar-refractivity contribution is 5.77. The molecule has 3 unspecified atom stereocenters. The molecule has 0 radical (unpaired) electrons. The normalized spacial score (nSPS) is 34.6. The van der Waals surface area contributed by atoms with Crippen LogP contribution in [0.4, 0.5) is 0 Å². The molecule has 0 bridgehead atoms. The highest BCUT2D eigenvalue weighted by Gasteiger charge is 2.53. The van der Waals surface area contributed by atoms with Gasteiger partial charge in [-0.15, -0.1) is 0 Å². The number of rotatable bonds is 5. The molecule has 4 atom stereocenters. The van der Waals surface area contributed by atoms with Crippen molar-refractivity contribution in [2.24, 2.45) is 5.92 Å². The summed E-state index contributed by atoms with van der Waals surface area (Å²) < 4.78 is 10.6. The number of benzene rings is 1. The lowest BCUT2D eigenvalue weighted by molar-refractivity contribution is -0.144. The second kappa shape index (κ2) is 4.86. The number of carbonyl (C=O) groups excluding carboxylic acids is 1. The van der Waals surface area contributed by atoms with Crippen LogP contribution in [0.1, 0.15) is 37.3 Å². The second-order valence-electron chi connectivity index (χ2n) is 5.72. The van der Waals surface area contributed by atoms with E-state index in [1.807, 2.05) is 32.0 Å². The van der Waals surface area contributed by atoms with E-state index in [2.05, 4.69) is 6.07 Å². The molecule has 1 aromatic carbocycles. The van der Waals surface area contributed by atoms with Gasteiger partial charge in [0.1, 0.15) is 11.7 Å². The minimum Gasteiger partial charge on any atom is -0.466 e.